The lowest BCUT2D eigenvalue weighted by Gasteiger charge is -2.13. The van der Waals surface area contributed by atoms with Crippen molar-refractivity contribution in [2.45, 2.75) is 33.6 Å². The van der Waals surface area contributed by atoms with Gasteiger partial charge in [0.15, 0.2) is 17.2 Å². The largest absolute Gasteiger partial charge is 0.490 e. The van der Waals surface area contributed by atoms with Crippen molar-refractivity contribution in [1.82, 2.24) is 0 Å². The second-order valence-corrected chi connectivity index (χ2v) is 7.49. The quantitative estimate of drug-likeness (QED) is 0.339. The van der Waals surface area contributed by atoms with Gasteiger partial charge < -0.3 is 19.5 Å². The van der Waals surface area contributed by atoms with Gasteiger partial charge in [-0.2, -0.15) is 0 Å². The third kappa shape index (κ3) is 6.20. The van der Waals surface area contributed by atoms with E-state index in [1.807, 2.05) is 6.92 Å². The summed E-state index contributed by atoms with van der Waals surface area (Å²) in [5.74, 6) is -0.661. The number of carbonyl (C=O) groups is 3. The predicted molar refractivity (Wildman–Crippen MR) is 125 cm³/mol. The minimum atomic E-state index is -0.622. The Bertz CT molecular complexity index is 1140. The summed E-state index contributed by atoms with van der Waals surface area (Å²) in [7, 11) is 0. The molecule has 0 bridgehead atoms. The van der Waals surface area contributed by atoms with Crippen LogP contribution in [0.3, 0.4) is 0 Å². The van der Waals surface area contributed by atoms with Crippen molar-refractivity contribution >= 4 is 47.1 Å². The Labute approximate surface area is 196 Å². The molecule has 0 saturated heterocycles. The van der Waals surface area contributed by atoms with E-state index in [2.05, 4.69) is 10.3 Å². The first kappa shape index (κ1) is 24.0. The third-order valence-corrected chi connectivity index (χ3v) is 4.66. The van der Waals surface area contributed by atoms with Crippen molar-refractivity contribution in [2.24, 2.45) is 4.99 Å². The number of benzene rings is 2. The van der Waals surface area contributed by atoms with E-state index in [1.54, 1.807) is 43.3 Å². The Hall–Kier alpha value is -3.65. The van der Waals surface area contributed by atoms with Gasteiger partial charge in [-0.3, -0.25) is 9.59 Å². The molecule has 0 unspecified atom stereocenters. The van der Waals surface area contributed by atoms with E-state index in [9.17, 15) is 14.4 Å². The van der Waals surface area contributed by atoms with E-state index in [4.69, 9.17) is 25.8 Å². The topological polar surface area (TPSA) is 103 Å². The van der Waals surface area contributed by atoms with Crippen LogP contribution in [0.5, 0.6) is 11.5 Å². The molecule has 9 heteroatoms. The third-order valence-electron chi connectivity index (χ3n) is 4.38. The summed E-state index contributed by atoms with van der Waals surface area (Å²) in [6.45, 7) is 5.40. The summed E-state index contributed by atoms with van der Waals surface area (Å²) in [5, 5.41) is 2.83. The minimum Gasteiger partial charge on any atom is -0.490 e. The number of cyclic esters (lactones) is 1. The Kier molecular flexibility index (Phi) is 7.84. The number of hydrogen-bond donors (Lipinski definition) is 1. The molecule has 1 aliphatic heterocycles. The molecule has 0 atom stereocenters. The van der Waals surface area contributed by atoms with Crippen molar-refractivity contribution in [3.8, 4) is 11.5 Å². The molecular formula is C24H23ClN2O6. The standard InChI is InChI=1S/C24H23ClN2O6/c1-4-6-21(29)32-22-18(25)11-15(13-20(22)31-5-2)12-19-24(30)33-23(27-19)16-7-9-17(10-8-16)26-14(3)28/h7-13H,4-6H2,1-3H3,(H,26,28)/b19-12-. The Morgan fingerprint density at radius 2 is 1.91 bits per heavy atom. The molecule has 1 heterocycles. The summed E-state index contributed by atoms with van der Waals surface area (Å²) in [6.07, 6.45) is 2.40. The van der Waals surface area contributed by atoms with Crippen LogP contribution < -0.4 is 14.8 Å². The second-order valence-electron chi connectivity index (χ2n) is 7.08. The van der Waals surface area contributed by atoms with E-state index in [-0.39, 0.29) is 40.4 Å². The van der Waals surface area contributed by atoms with Crippen LogP contribution in [0.2, 0.25) is 5.02 Å². The first-order valence-electron chi connectivity index (χ1n) is 10.4. The predicted octanol–water partition coefficient (Wildman–Crippen LogP) is 4.75. The number of ether oxygens (including phenoxy) is 3. The fourth-order valence-electron chi connectivity index (χ4n) is 2.99. The van der Waals surface area contributed by atoms with E-state index in [0.717, 1.165) is 0 Å². The van der Waals surface area contributed by atoms with E-state index < -0.39 is 11.9 Å². The molecule has 2 aromatic carbocycles. The second kappa shape index (κ2) is 10.8. The molecule has 8 nitrogen and oxygen atoms in total. The molecule has 0 saturated carbocycles. The smallest absolute Gasteiger partial charge is 0.363 e. The lowest BCUT2D eigenvalue weighted by molar-refractivity contribution is -0.134. The van der Waals surface area contributed by atoms with E-state index >= 15 is 0 Å². The van der Waals surface area contributed by atoms with E-state index in [1.165, 1.54) is 13.0 Å². The van der Waals surface area contributed by atoms with Gasteiger partial charge in [0.1, 0.15) is 0 Å². The summed E-state index contributed by atoms with van der Waals surface area (Å²) < 4.78 is 16.2. The maximum Gasteiger partial charge on any atom is 0.363 e. The van der Waals surface area contributed by atoms with Gasteiger partial charge in [-0.05, 0) is 61.4 Å². The Balaban J connectivity index is 1.88. The summed E-state index contributed by atoms with van der Waals surface area (Å²) >= 11 is 6.34. The average Bonchev–Trinajstić information content (AvgIpc) is 3.11. The maximum atomic E-state index is 12.4. The fourth-order valence-corrected chi connectivity index (χ4v) is 3.25. The molecule has 1 amide bonds. The molecule has 1 N–H and O–H groups in total. The zero-order valence-electron chi connectivity index (χ0n) is 18.4. The SMILES string of the molecule is CCCC(=O)Oc1c(Cl)cc(/C=C2\N=C(c3ccc(NC(C)=O)cc3)OC2=O)cc1OCC. The van der Waals surface area contributed by atoms with Crippen LogP contribution in [-0.2, 0) is 19.1 Å². The lowest BCUT2D eigenvalue weighted by Crippen LogP contribution is -2.09. The van der Waals surface area contributed by atoms with Crippen molar-refractivity contribution < 1.29 is 28.6 Å². The van der Waals surface area contributed by atoms with Crippen LogP contribution in [0.25, 0.3) is 6.08 Å². The van der Waals surface area contributed by atoms with Crippen LogP contribution >= 0.6 is 11.6 Å². The highest BCUT2D eigenvalue weighted by molar-refractivity contribution is 6.32. The van der Waals surface area contributed by atoms with Gasteiger partial charge in [-0.25, -0.2) is 9.79 Å². The molecule has 0 aromatic heterocycles. The zero-order valence-corrected chi connectivity index (χ0v) is 19.2. The number of aliphatic imine (C=N–C) groups is 1. The molecule has 0 aliphatic carbocycles. The zero-order chi connectivity index (χ0) is 24.0. The number of nitrogens with zero attached hydrogens (tertiary/aromatic N) is 1. The minimum absolute atomic E-state index is 0.0742. The van der Waals surface area contributed by atoms with Gasteiger partial charge in [-0.1, -0.05) is 18.5 Å². The normalized spacial score (nSPS) is 14.0. The van der Waals surface area contributed by atoms with Crippen molar-refractivity contribution in [2.75, 3.05) is 11.9 Å². The molecule has 2 aromatic rings. The molecule has 172 valence electrons. The van der Waals surface area contributed by atoms with Gasteiger partial charge >= 0.3 is 11.9 Å². The van der Waals surface area contributed by atoms with Crippen molar-refractivity contribution in [1.29, 1.82) is 0 Å². The van der Waals surface area contributed by atoms with Gasteiger partial charge in [0.05, 0.1) is 11.6 Å². The molecule has 0 fully saturated rings. The molecule has 33 heavy (non-hydrogen) atoms. The molecule has 0 radical (unpaired) electrons. The molecular weight excluding hydrogens is 448 g/mol. The number of anilines is 1. The average molecular weight is 471 g/mol. The summed E-state index contributed by atoms with van der Waals surface area (Å²) in [4.78, 5) is 39.7. The number of esters is 2. The highest BCUT2D eigenvalue weighted by Gasteiger charge is 2.25. The maximum absolute atomic E-state index is 12.4. The number of amides is 1. The highest BCUT2D eigenvalue weighted by atomic mass is 35.5. The van der Waals surface area contributed by atoms with E-state index in [0.29, 0.717) is 29.8 Å². The first-order chi connectivity index (χ1) is 15.8. The van der Waals surface area contributed by atoms with Gasteiger partial charge in [0, 0.05) is 24.6 Å². The van der Waals surface area contributed by atoms with Crippen LogP contribution in [-0.4, -0.2) is 30.4 Å². The van der Waals surface area contributed by atoms with Gasteiger partial charge in [0.25, 0.3) is 0 Å². The monoisotopic (exact) mass is 470 g/mol. The van der Waals surface area contributed by atoms with Crippen LogP contribution in [0.1, 0.15) is 44.7 Å². The molecule has 1 aliphatic rings. The first-order valence-corrected chi connectivity index (χ1v) is 10.8. The number of halogens is 1. The van der Waals surface area contributed by atoms with Crippen molar-refractivity contribution in [3.63, 3.8) is 0 Å². The van der Waals surface area contributed by atoms with Crippen LogP contribution in [0, 0.1) is 0 Å². The summed E-state index contributed by atoms with van der Waals surface area (Å²) in [6, 6.07) is 9.89. The van der Waals surface area contributed by atoms with Gasteiger partial charge in [0.2, 0.25) is 11.8 Å². The Morgan fingerprint density at radius 1 is 1.18 bits per heavy atom. The summed E-state index contributed by atoms with van der Waals surface area (Å²) in [5.41, 5.74) is 1.79. The van der Waals surface area contributed by atoms with Gasteiger partial charge in [-0.15, -0.1) is 0 Å². The fraction of sp³-hybridized carbons (Fsp3) is 0.250. The van der Waals surface area contributed by atoms with Crippen LogP contribution in [0.4, 0.5) is 5.69 Å². The highest BCUT2D eigenvalue weighted by Crippen LogP contribution is 2.38. The Morgan fingerprint density at radius 3 is 2.55 bits per heavy atom. The molecule has 0 spiro atoms. The van der Waals surface area contributed by atoms with Crippen molar-refractivity contribution in [3.05, 3.63) is 58.2 Å². The molecule has 3 rings (SSSR count). The number of hydrogen-bond acceptors (Lipinski definition) is 7. The number of nitrogens with one attached hydrogen (secondary N) is 1. The van der Waals surface area contributed by atoms with Crippen LogP contribution in [0.15, 0.2) is 47.1 Å². The number of rotatable bonds is 8. The lowest BCUT2D eigenvalue weighted by atomic mass is 10.1. The number of carbonyl (C=O) groups excluding carboxylic acids is 3.